The van der Waals surface area contributed by atoms with Crippen molar-refractivity contribution in [2.75, 3.05) is 13.2 Å². The summed E-state index contributed by atoms with van der Waals surface area (Å²) in [6.45, 7) is 6.53. The highest BCUT2D eigenvalue weighted by Gasteiger charge is 2.19. The summed E-state index contributed by atoms with van der Waals surface area (Å²) in [7, 11) is 0. The Morgan fingerprint density at radius 1 is 0.333 bits per heavy atom. The van der Waals surface area contributed by atoms with Crippen LogP contribution in [0.2, 0.25) is 0 Å². The van der Waals surface area contributed by atoms with Crippen molar-refractivity contribution in [3.63, 3.8) is 0 Å². The molecule has 0 bridgehead atoms. The average Bonchev–Trinajstić information content (AvgIpc) is 3.28. The molecule has 0 saturated carbocycles. The predicted octanol–water partition coefficient (Wildman–Crippen LogP) is 17.9. The first-order chi connectivity index (χ1) is 31.0. The van der Waals surface area contributed by atoms with Gasteiger partial charge in [-0.05, 0) is 57.8 Å². The molecule has 6 heteroatoms. The van der Waals surface area contributed by atoms with E-state index in [2.05, 4.69) is 69.4 Å². The number of carbonyl (C=O) groups excluding carboxylic acids is 3. The number of ether oxygens (including phenoxy) is 3. The van der Waals surface area contributed by atoms with E-state index in [9.17, 15) is 14.4 Å². The summed E-state index contributed by atoms with van der Waals surface area (Å²) in [5.41, 5.74) is 0. The van der Waals surface area contributed by atoms with E-state index < -0.39 is 6.10 Å². The molecule has 0 amide bonds. The SMILES string of the molecule is CC/C=C\C/C=C\C/C=C\C/C=C\CCCCCCCCCCCCC(=O)OCC(COC(=O)CCCCCCCCCCCC)OC(=O)CCCCCCCCCCCCCC. The van der Waals surface area contributed by atoms with E-state index in [1.165, 1.54) is 154 Å². The number of hydrogen-bond donors (Lipinski definition) is 0. The largest absolute Gasteiger partial charge is 0.462 e. The first-order valence-corrected chi connectivity index (χ1v) is 27.1. The quantitative estimate of drug-likeness (QED) is 0.0262. The molecule has 0 fully saturated rings. The summed E-state index contributed by atoms with van der Waals surface area (Å²) in [6.07, 6.45) is 62.4. The average molecular weight is 883 g/mol. The molecule has 0 aliphatic rings. The fourth-order valence-electron chi connectivity index (χ4n) is 7.79. The summed E-state index contributed by atoms with van der Waals surface area (Å²) in [6, 6.07) is 0. The van der Waals surface area contributed by atoms with Gasteiger partial charge >= 0.3 is 17.9 Å². The van der Waals surface area contributed by atoms with E-state index in [0.717, 1.165) is 83.5 Å². The van der Waals surface area contributed by atoms with Crippen molar-refractivity contribution in [2.24, 2.45) is 0 Å². The highest BCUT2D eigenvalue weighted by molar-refractivity contribution is 5.71. The van der Waals surface area contributed by atoms with E-state index in [1.54, 1.807) is 0 Å². The third-order valence-corrected chi connectivity index (χ3v) is 11.8. The van der Waals surface area contributed by atoms with Crippen LogP contribution in [0, 0.1) is 0 Å². The molecule has 63 heavy (non-hydrogen) atoms. The van der Waals surface area contributed by atoms with Gasteiger partial charge in [-0.15, -0.1) is 0 Å². The van der Waals surface area contributed by atoms with Gasteiger partial charge in [-0.2, -0.15) is 0 Å². The van der Waals surface area contributed by atoms with Crippen molar-refractivity contribution in [1.82, 2.24) is 0 Å². The van der Waals surface area contributed by atoms with Gasteiger partial charge in [0, 0.05) is 19.3 Å². The summed E-state index contributed by atoms with van der Waals surface area (Å²) < 4.78 is 16.8. The number of rotatable bonds is 49. The molecule has 1 atom stereocenters. The Morgan fingerprint density at radius 2 is 0.619 bits per heavy atom. The minimum Gasteiger partial charge on any atom is -0.462 e. The molecular weight excluding hydrogens is 781 g/mol. The first kappa shape index (κ1) is 60.4. The van der Waals surface area contributed by atoms with E-state index in [-0.39, 0.29) is 31.1 Å². The van der Waals surface area contributed by atoms with Crippen LogP contribution in [-0.4, -0.2) is 37.2 Å². The van der Waals surface area contributed by atoms with E-state index in [1.807, 2.05) is 0 Å². The van der Waals surface area contributed by atoms with Gasteiger partial charge in [0.2, 0.25) is 0 Å². The van der Waals surface area contributed by atoms with Crippen LogP contribution in [0.5, 0.6) is 0 Å². The van der Waals surface area contributed by atoms with Gasteiger partial charge in [0.05, 0.1) is 0 Å². The van der Waals surface area contributed by atoms with E-state index in [0.29, 0.717) is 19.3 Å². The second kappa shape index (κ2) is 52.0. The van der Waals surface area contributed by atoms with Crippen LogP contribution in [-0.2, 0) is 28.6 Å². The highest BCUT2D eigenvalue weighted by atomic mass is 16.6. The minimum absolute atomic E-state index is 0.0701. The van der Waals surface area contributed by atoms with Crippen LogP contribution >= 0.6 is 0 Å². The Morgan fingerprint density at radius 3 is 0.968 bits per heavy atom. The fourth-order valence-corrected chi connectivity index (χ4v) is 7.79. The summed E-state index contributed by atoms with van der Waals surface area (Å²) >= 11 is 0. The van der Waals surface area contributed by atoms with Crippen LogP contribution in [0.25, 0.3) is 0 Å². The van der Waals surface area contributed by atoms with Crippen LogP contribution in [0.1, 0.15) is 278 Å². The normalized spacial score (nSPS) is 12.4. The molecule has 0 radical (unpaired) electrons. The second-order valence-electron chi connectivity index (χ2n) is 18.1. The van der Waals surface area contributed by atoms with Gasteiger partial charge in [0.1, 0.15) is 13.2 Å². The van der Waals surface area contributed by atoms with E-state index in [4.69, 9.17) is 14.2 Å². The molecule has 6 nitrogen and oxygen atoms in total. The molecule has 0 aromatic rings. The molecule has 366 valence electrons. The predicted molar refractivity (Wildman–Crippen MR) is 270 cm³/mol. The molecule has 0 rings (SSSR count). The van der Waals surface area contributed by atoms with Gasteiger partial charge < -0.3 is 14.2 Å². The van der Waals surface area contributed by atoms with Gasteiger partial charge in [0.25, 0.3) is 0 Å². The fraction of sp³-hybridized carbons (Fsp3) is 0.807. The van der Waals surface area contributed by atoms with Crippen LogP contribution in [0.4, 0.5) is 0 Å². The van der Waals surface area contributed by atoms with Crippen molar-refractivity contribution in [1.29, 1.82) is 0 Å². The zero-order valence-electron chi connectivity index (χ0n) is 41.8. The standard InChI is InChI=1S/C57H102O6/c1-4-7-10-13-16-19-22-24-25-26-27-28-29-30-31-32-33-34-36-38-41-44-47-50-56(59)62-53-54(52-61-55(58)49-46-43-40-37-21-18-15-12-9-6-3)63-57(60)51-48-45-42-39-35-23-20-17-14-11-8-5-2/h7,10,16,19,24-25,27-28,54H,4-6,8-9,11-15,17-18,20-23,26,29-53H2,1-3H3/b10-7-,19-16-,25-24-,28-27-. The number of carbonyl (C=O) groups is 3. The van der Waals surface area contributed by atoms with Gasteiger partial charge in [-0.3, -0.25) is 14.4 Å². The lowest BCUT2D eigenvalue weighted by Gasteiger charge is -2.18. The molecule has 0 aromatic heterocycles. The smallest absolute Gasteiger partial charge is 0.306 e. The maximum absolute atomic E-state index is 12.8. The van der Waals surface area contributed by atoms with Crippen molar-refractivity contribution in [3.05, 3.63) is 48.6 Å². The molecule has 0 N–H and O–H groups in total. The summed E-state index contributed by atoms with van der Waals surface area (Å²) in [4.78, 5) is 37.9. The van der Waals surface area contributed by atoms with Crippen LogP contribution in [0.15, 0.2) is 48.6 Å². The van der Waals surface area contributed by atoms with Gasteiger partial charge in [0.15, 0.2) is 6.10 Å². The lowest BCUT2D eigenvalue weighted by Crippen LogP contribution is -2.30. The molecule has 0 aromatic carbocycles. The lowest BCUT2D eigenvalue weighted by molar-refractivity contribution is -0.167. The van der Waals surface area contributed by atoms with Crippen molar-refractivity contribution >= 4 is 17.9 Å². The maximum Gasteiger partial charge on any atom is 0.306 e. The van der Waals surface area contributed by atoms with Crippen LogP contribution in [0.3, 0.4) is 0 Å². The third kappa shape index (κ3) is 50.2. The van der Waals surface area contributed by atoms with Crippen molar-refractivity contribution in [2.45, 2.75) is 284 Å². The second-order valence-corrected chi connectivity index (χ2v) is 18.1. The first-order valence-electron chi connectivity index (χ1n) is 27.1. The summed E-state index contributed by atoms with van der Waals surface area (Å²) in [5.74, 6) is -0.865. The number of esters is 3. The van der Waals surface area contributed by atoms with Gasteiger partial charge in [-0.25, -0.2) is 0 Å². The Hall–Kier alpha value is -2.63. The van der Waals surface area contributed by atoms with Crippen molar-refractivity contribution in [3.8, 4) is 0 Å². The molecule has 1 unspecified atom stereocenters. The number of allylic oxidation sites excluding steroid dienone is 8. The zero-order chi connectivity index (χ0) is 45.8. The number of unbranched alkanes of at least 4 members (excludes halogenated alkanes) is 30. The zero-order valence-corrected chi connectivity index (χ0v) is 41.8. The van der Waals surface area contributed by atoms with E-state index >= 15 is 0 Å². The molecule has 0 heterocycles. The van der Waals surface area contributed by atoms with Crippen molar-refractivity contribution < 1.29 is 28.6 Å². The molecule has 0 spiro atoms. The Balaban J connectivity index is 4.23. The Labute approximate surface area is 390 Å². The topological polar surface area (TPSA) is 78.9 Å². The highest BCUT2D eigenvalue weighted by Crippen LogP contribution is 2.16. The molecule has 0 aliphatic heterocycles. The molecular formula is C57H102O6. The molecule has 0 aliphatic carbocycles. The third-order valence-electron chi connectivity index (χ3n) is 11.8. The lowest BCUT2D eigenvalue weighted by atomic mass is 10.0. The molecule has 0 saturated heterocycles. The Bertz CT molecular complexity index is 1110. The number of hydrogen-bond acceptors (Lipinski definition) is 6. The van der Waals surface area contributed by atoms with Crippen LogP contribution < -0.4 is 0 Å². The maximum atomic E-state index is 12.8. The Kier molecular flexibility index (Phi) is 49.8. The van der Waals surface area contributed by atoms with Gasteiger partial charge in [-0.1, -0.05) is 249 Å². The summed E-state index contributed by atoms with van der Waals surface area (Å²) in [5, 5.41) is 0. The monoisotopic (exact) mass is 883 g/mol. The minimum atomic E-state index is -0.768.